The third-order valence-electron chi connectivity index (χ3n) is 3.41. The standard InChI is InChI=1S/C14H18N4O/c1-17(2)14(19)12-7-3-4-9-18(12)13-11(10-15)6-5-8-16-13/h5-6,8,12H,3-4,7,9H2,1-2H3. The molecule has 1 atom stereocenters. The molecular formula is C14H18N4O. The molecule has 0 radical (unpaired) electrons. The maximum Gasteiger partial charge on any atom is 0.244 e. The molecule has 0 aliphatic carbocycles. The molecule has 1 saturated heterocycles. The number of piperidine rings is 1. The predicted molar refractivity (Wildman–Crippen MR) is 72.6 cm³/mol. The average molecular weight is 258 g/mol. The predicted octanol–water partition coefficient (Wildman–Crippen LogP) is 1.40. The van der Waals surface area contributed by atoms with Crippen LogP contribution in [0.25, 0.3) is 0 Å². The molecule has 1 aliphatic rings. The first-order chi connectivity index (χ1) is 9.15. The van der Waals surface area contributed by atoms with Gasteiger partial charge in [-0.2, -0.15) is 5.26 Å². The van der Waals surface area contributed by atoms with Gasteiger partial charge < -0.3 is 9.80 Å². The number of likely N-dealkylation sites (N-methyl/N-ethyl adjacent to an activating group) is 1. The third kappa shape index (κ3) is 2.68. The van der Waals surface area contributed by atoms with Gasteiger partial charge in [-0.25, -0.2) is 4.98 Å². The van der Waals surface area contributed by atoms with Gasteiger partial charge in [0, 0.05) is 26.8 Å². The number of amides is 1. The summed E-state index contributed by atoms with van der Waals surface area (Å²) in [6.07, 6.45) is 4.55. The van der Waals surface area contributed by atoms with Crippen LogP contribution in [0.3, 0.4) is 0 Å². The summed E-state index contributed by atoms with van der Waals surface area (Å²) in [5.74, 6) is 0.708. The van der Waals surface area contributed by atoms with Crippen LogP contribution >= 0.6 is 0 Å². The summed E-state index contributed by atoms with van der Waals surface area (Å²) in [6, 6.07) is 5.44. The minimum absolute atomic E-state index is 0.0780. The Morgan fingerprint density at radius 2 is 2.32 bits per heavy atom. The summed E-state index contributed by atoms with van der Waals surface area (Å²) < 4.78 is 0. The third-order valence-corrected chi connectivity index (χ3v) is 3.41. The summed E-state index contributed by atoms with van der Waals surface area (Å²) in [5, 5.41) is 9.17. The van der Waals surface area contributed by atoms with Gasteiger partial charge >= 0.3 is 0 Å². The molecule has 2 heterocycles. The minimum Gasteiger partial charge on any atom is -0.347 e. The van der Waals surface area contributed by atoms with E-state index in [1.165, 1.54) is 0 Å². The van der Waals surface area contributed by atoms with Gasteiger partial charge in [-0.05, 0) is 31.4 Å². The molecule has 19 heavy (non-hydrogen) atoms. The zero-order chi connectivity index (χ0) is 13.8. The molecule has 1 aromatic rings. The first kappa shape index (κ1) is 13.3. The number of carbonyl (C=O) groups is 1. The van der Waals surface area contributed by atoms with E-state index >= 15 is 0 Å². The Kier molecular flexibility index (Phi) is 4.00. The quantitative estimate of drug-likeness (QED) is 0.804. The van der Waals surface area contributed by atoms with Gasteiger partial charge in [0.1, 0.15) is 17.9 Å². The van der Waals surface area contributed by atoms with E-state index in [1.807, 2.05) is 4.90 Å². The van der Waals surface area contributed by atoms with Crippen LogP contribution in [0, 0.1) is 11.3 Å². The van der Waals surface area contributed by atoms with Crippen LogP contribution in [0.5, 0.6) is 0 Å². The van der Waals surface area contributed by atoms with Gasteiger partial charge in [0.05, 0.1) is 5.56 Å². The zero-order valence-electron chi connectivity index (χ0n) is 11.3. The van der Waals surface area contributed by atoms with Gasteiger partial charge in [0.25, 0.3) is 0 Å². The summed E-state index contributed by atoms with van der Waals surface area (Å²) >= 11 is 0. The number of nitriles is 1. The maximum atomic E-state index is 12.3. The summed E-state index contributed by atoms with van der Waals surface area (Å²) in [6.45, 7) is 0.774. The number of pyridine rings is 1. The Morgan fingerprint density at radius 1 is 1.53 bits per heavy atom. The van der Waals surface area contributed by atoms with Crippen molar-refractivity contribution >= 4 is 11.7 Å². The highest BCUT2D eigenvalue weighted by Gasteiger charge is 2.31. The minimum atomic E-state index is -0.203. The number of rotatable bonds is 2. The summed E-state index contributed by atoms with van der Waals surface area (Å²) in [7, 11) is 3.53. The van der Waals surface area contributed by atoms with Crippen LogP contribution in [0.1, 0.15) is 24.8 Å². The SMILES string of the molecule is CN(C)C(=O)C1CCCCN1c1ncccc1C#N. The number of carbonyl (C=O) groups excluding carboxylic acids is 1. The second-order valence-corrected chi connectivity index (χ2v) is 4.92. The highest BCUT2D eigenvalue weighted by Crippen LogP contribution is 2.26. The van der Waals surface area contributed by atoms with Crippen LogP contribution in [0.2, 0.25) is 0 Å². The fraction of sp³-hybridized carbons (Fsp3) is 0.500. The second kappa shape index (κ2) is 5.70. The number of anilines is 1. The van der Waals surface area contributed by atoms with E-state index in [0.29, 0.717) is 11.4 Å². The molecule has 0 saturated carbocycles. The lowest BCUT2D eigenvalue weighted by atomic mass is 10.0. The molecule has 1 amide bonds. The molecule has 0 spiro atoms. The Bertz CT molecular complexity index is 506. The van der Waals surface area contributed by atoms with E-state index in [0.717, 1.165) is 25.8 Å². The van der Waals surface area contributed by atoms with Crippen LogP contribution in [-0.4, -0.2) is 42.5 Å². The zero-order valence-corrected chi connectivity index (χ0v) is 11.3. The smallest absolute Gasteiger partial charge is 0.244 e. The number of hydrogen-bond acceptors (Lipinski definition) is 4. The van der Waals surface area contributed by atoms with Crippen molar-refractivity contribution in [2.24, 2.45) is 0 Å². The van der Waals surface area contributed by atoms with E-state index in [9.17, 15) is 10.1 Å². The van der Waals surface area contributed by atoms with E-state index < -0.39 is 0 Å². The average Bonchev–Trinajstić information content (AvgIpc) is 2.46. The lowest BCUT2D eigenvalue weighted by molar-refractivity contribution is -0.130. The van der Waals surface area contributed by atoms with Crippen molar-refractivity contribution in [2.75, 3.05) is 25.5 Å². The highest BCUT2D eigenvalue weighted by atomic mass is 16.2. The first-order valence-corrected chi connectivity index (χ1v) is 6.48. The van der Waals surface area contributed by atoms with Crippen molar-refractivity contribution in [3.05, 3.63) is 23.9 Å². The first-order valence-electron chi connectivity index (χ1n) is 6.48. The number of nitrogens with zero attached hydrogens (tertiary/aromatic N) is 4. The monoisotopic (exact) mass is 258 g/mol. The summed E-state index contributed by atoms with van der Waals surface area (Å²) in [5.41, 5.74) is 0.529. The fourth-order valence-corrected chi connectivity index (χ4v) is 2.45. The molecule has 1 unspecified atom stereocenters. The molecule has 0 N–H and O–H groups in total. The fourth-order valence-electron chi connectivity index (χ4n) is 2.45. The topological polar surface area (TPSA) is 60.2 Å². The Morgan fingerprint density at radius 3 is 3.00 bits per heavy atom. The van der Waals surface area contributed by atoms with Gasteiger partial charge in [0.2, 0.25) is 5.91 Å². The van der Waals surface area contributed by atoms with Crippen molar-refractivity contribution < 1.29 is 4.79 Å². The van der Waals surface area contributed by atoms with Crippen molar-refractivity contribution in [1.82, 2.24) is 9.88 Å². The van der Waals surface area contributed by atoms with Crippen LogP contribution < -0.4 is 4.90 Å². The van der Waals surface area contributed by atoms with Gasteiger partial charge in [-0.15, -0.1) is 0 Å². The van der Waals surface area contributed by atoms with Crippen molar-refractivity contribution in [1.29, 1.82) is 5.26 Å². The molecule has 0 aromatic carbocycles. The molecule has 5 heteroatoms. The summed E-state index contributed by atoms with van der Waals surface area (Å²) in [4.78, 5) is 20.1. The Balaban J connectivity index is 2.35. The van der Waals surface area contributed by atoms with Crippen molar-refractivity contribution in [3.63, 3.8) is 0 Å². The highest BCUT2D eigenvalue weighted by molar-refractivity contribution is 5.85. The van der Waals surface area contributed by atoms with Gasteiger partial charge in [-0.3, -0.25) is 4.79 Å². The molecule has 0 bridgehead atoms. The van der Waals surface area contributed by atoms with E-state index in [-0.39, 0.29) is 11.9 Å². The molecule has 1 aromatic heterocycles. The lowest BCUT2D eigenvalue weighted by Gasteiger charge is -2.37. The lowest BCUT2D eigenvalue weighted by Crippen LogP contribution is -2.49. The largest absolute Gasteiger partial charge is 0.347 e. The molecular weight excluding hydrogens is 240 g/mol. The second-order valence-electron chi connectivity index (χ2n) is 4.92. The van der Waals surface area contributed by atoms with Crippen LogP contribution in [-0.2, 0) is 4.79 Å². The molecule has 5 nitrogen and oxygen atoms in total. The maximum absolute atomic E-state index is 12.3. The van der Waals surface area contributed by atoms with Crippen molar-refractivity contribution in [3.8, 4) is 6.07 Å². The molecule has 100 valence electrons. The Labute approximate surface area is 113 Å². The Hall–Kier alpha value is -2.09. The van der Waals surface area contributed by atoms with Crippen LogP contribution in [0.15, 0.2) is 18.3 Å². The number of hydrogen-bond donors (Lipinski definition) is 0. The normalized spacial score (nSPS) is 18.8. The van der Waals surface area contributed by atoms with E-state index in [2.05, 4.69) is 11.1 Å². The molecule has 2 rings (SSSR count). The van der Waals surface area contributed by atoms with Gasteiger partial charge in [0.15, 0.2) is 0 Å². The van der Waals surface area contributed by atoms with Crippen molar-refractivity contribution in [2.45, 2.75) is 25.3 Å². The van der Waals surface area contributed by atoms with Crippen LogP contribution in [0.4, 0.5) is 5.82 Å². The van der Waals surface area contributed by atoms with Gasteiger partial charge in [-0.1, -0.05) is 0 Å². The number of aromatic nitrogens is 1. The van der Waals surface area contributed by atoms with E-state index in [4.69, 9.17) is 0 Å². The molecule has 1 aliphatic heterocycles. The van der Waals surface area contributed by atoms with E-state index in [1.54, 1.807) is 37.3 Å². The molecule has 1 fully saturated rings.